The van der Waals surface area contributed by atoms with Crippen LogP contribution in [-0.4, -0.2) is 36.0 Å². The lowest BCUT2D eigenvalue weighted by molar-refractivity contribution is -0.118. The Bertz CT molecular complexity index is 449. The van der Waals surface area contributed by atoms with Crippen molar-refractivity contribution in [3.63, 3.8) is 0 Å². The van der Waals surface area contributed by atoms with Gasteiger partial charge in [0.2, 0.25) is 5.91 Å². The molecule has 1 heterocycles. The van der Waals surface area contributed by atoms with Crippen LogP contribution in [-0.2, 0) is 4.79 Å². The number of nitrogens with one attached hydrogen (secondary N) is 1. The molecule has 1 fully saturated rings. The number of amides is 1. The number of halogens is 1. The van der Waals surface area contributed by atoms with Crippen molar-refractivity contribution in [3.05, 3.63) is 29.3 Å². The van der Waals surface area contributed by atoms with Gasteiger partial charge in [0.05, 0.1) is 6.54 Å². The summed E-state index contributed by atoms with van der Waals surface area (Å²) in [5, 5.41) is 3.56. The number of nitrogens with two attached hydrogens (primary N) is 1. The van der Waals surface area contributed by atoms with E-state index in [1.165, 1.54) is 6.42 Å². The van der Waals surface area contributed by atoms with Crippen LogP contribution >= 0.6 is 11.6 Å². The van der Waals surface area contributed by atoms with Crippen LogP contribution in [0.3, 0.4) is 0 Å². The molecule has 1 aliphatic heterocycles. The first-order valence-corrected chi connectivity index (χ1v) is 7.49. The highest BCUT2D eigenvalue weighted by Gasteiger charge is 2.28. The van der Waals surface area contributed by atoms with Gasteiger partial charge < -0.3 is 11.1 Å². The van der Waals surface area contributed by atoms with Gasteiger partial charge in [-0.15, -0.1) is 0 Å². The first-order valence-electron chi connectivity index (χ1n) is 7.11. The van der Waals surface area contributed by atoms with Crippen LogP contribution in [0.4, 0.5) is 5.69 Å². The smallest absolute Gasteiger partial charge is 0.238 e. The summed E-state index contributed by atoms with van der Waals surface area (Å²) in [4.78, 5) is 14.4. The van der Waals surface area contributed by atoms with Crippen molar-refractivity contribution in [2.24, 2.45) is 5.73 Å². The number of likely N-dealkylation sites (tertiary alicyclic amines) is 1. The lowest BCUT2D eigenvalue weighted by Gasteiger charge is -2.39. The minimum atomic E-state index is -0.000442. The molecule has 0 radical (unpaired) electrons. The maximum atomic E-state index is 12.1. The van der Waals surface area contributed by atoms with Crippen LogP contribution in [0.2, 0.25) is 5.02 Å². The minimum absolute atomic E-state index is 0.000442. The van der Waals surface area contributed by atoms with Gasteiger partial charge in [0.1, 0.15) is 0 Å². The first-order chi connectivity index (χ1) is 9.60. The summed E-state index contributed by atoms with van der Waals surface area (Å²) in [5.41, 5.74) is 6.58. The minimum Gasteiger partial charge on any atom is -0.329 e. The third kappa shape index (κ3) is 3.95. The fourth-order valence-electron chi connectivity index (χ4n) is 2.78. The number of anilines is 1. The molecule has 20 heavy (non-hydrogen) atoms. The summed E-state index contributed by atoms with van der Waals surface area (Å²) in [5.74, 6) is -0.000442. The van der Waals surface area contributed by atoms with Crippen molar-refractivity contribution in [3.8, 4) is 0 Å². The van der Waals surface area contributed by atoms with E-state index in [9.17, 15) is 4.79 Å². The zero-order valence-electron chi connectivity index (χ0n) is 11.8. The Hall–Kier alpha value is -1.10. The molecule has 3 N–H and O–H groups in total. The maximum Gasteiger partial charge on any atom is 0.238 e. The number of hydrogen-bond acceptors (Lipinski definition) is 3. The average Bonchev–Trinajstić information content (AvgIpc) is 2.43. The molecule has 2 unspecified atom stereocenters. The van der Waals surface area contributed by atoms with E-state index in [-0.39, 0.29) is 5.91 Å². The van der Waals surface area contributed by atoms with E-state index in [1.807, 2.05) is 0 Å². The molecular weight excluding hydrogens is 274 g/mol. The molecule has 0 aliphatic carbocycles. The van der Waals surface area contributed by atoms with Crippen molar-refractivity contribution in [2.75, 3.05) is 18.4 Å². The molecule has 0 bridgehead atoms. The van der Waals surface area contributed by atoms with E-state index >= 15 is 0 Å². The summed E-state index contributed by atoms with van der Waals surface area (Å²) < 4.78 is 0. The van der Waals surface area contributed by atoms with Crippen molar-refractivity contribution < 1.29 is 4.79 Å². The highest BCUT2D eigenvalue weighted by Crippen LogP contribution is 2.22. The zero-order chi connectivity index (χ0) is 14.5. The first kappa shape index (κ1) is 15.3. The van der Waals surface area contributed by atoms with E-state index in [4.69, 9.17) is 17.3 Å². The van der Waals surface area contributed by atoms with Crippen LogP contribution < -0.4 is 11.1 Å². The van der Waals surface area contributed by atoms with E-state index in [2.05, 4.69) is 17.1 Å². The van der Waals surface area contributed by atoms with Gasteiger partial charge in [-0.25, -0.2) is 0 Å². The van der Waals surface area contributed by atoms with E-state index in [1.54, 1.807) is 24.3 Å². The van der Waals surface area contributed by atoms with Gasteiger partial charge >= 0.3 is 0 Å². The predicted octanol–water partition coefficient (Wildman–Crippen LogP) is 2.48. The molecule has 1 saturated heterocycles. The predicted molar refractivity (Wildman–Crippen MR) is 82.9 cm³/mol. The van der Waals surface area contributed by atoms with Crippen LogP contribution in [0.1, 0.15) is 26.2 Å². The number of benzene rings is 1. The largest absolute Gasteiger partial charge is 0.329 e. The Kier molecular flexibility index (Phi) is 5.40. The van der Waals surface area contributed by atoms with Gasteiger partial charge in [0.25, 0.3) is 0 Å². The number of rotatable bonds is 4. The summed E-state index contributed by atoms with van der Waals surface area (Å²) in [7, 11) is 0. The Labute approximate surface area is 125 Å². The molecular formula is C15H22ClN3O. The number of carbonyl (C=O) groups is 1. The second kappa shape index (κ2) is 7.07. The summed E-state index contributed by atoms with van der Waals surface area (Å²) in [6.45, 7) is 3.17. The van der Waals surface area contributed by atoms with Gasteiger partial charge in [-0.3, -0.25) is 9.69 Å². The van der Waals surface area contributed by atoms with E-state index in [0.29, 0.717) is 30.2 Å². The zero-order valence-corrected chi connectivity index (χ0v) is 12.6. The maximum absolute atomic E-state index is 12.1. The lowest BCUT2D eigenvalue weighted by atomic mass is 9.96. The molecule has 0 spiro atoms. The number of nitrogens with zero attached hydrogens (tertiary/aromatic N) is 1. The Morgan fingerprint density at radius 1 is 1.40 bits per heavy atom. The molecule has 1 amide bonds. The molecule has 5 heteroatoms. The Balaban J connectivity index is 1.94. The van der Waals surface area contributed by atoms with E-state index in [0.717, 1.165) is 18.5 Å². The molecule has 1 aromatic carbocycles. The van der Waals surface area contributed by atoms with E-state index < -0.39 is 0 Å². The van der Waals surface area contributed by atoms with Gasteiger partial charge in [-0.05, 0) is 44.0 Å². The highest BCUT2D eigenvalue weighted by atomic mass is 35.5. The number of carbonyl (C=O) groups excluding carboxylic acids is 1. The normalized spacial score (nSPS) is 23.6. The van der Waals surface area contributed by atoms with Crippen molar-refractivity contribution in [2.45, 2.75) is 38.3 Å². The SMILES string of the molecule is CC1CCCC(CN)N1CC(=O)Nc1ccc(Cl)cc1. The third-order valence-electron chi connectivity index (χ3n) is 3.92. The lowest BCUT2D eigenvalue weighted by Crippen LogP contribution is -2.51. The van der Waals surface area contributed by atoms with Gasteiger partial charge in [-0.2, -0.15) is 0 Å². The van der Waals surface area contributed by atoms with Crippen LogP contribution in [0, 0.1) is 0 Å². The van der Waals surface area contributed by atoms with Gasteiger partial charge in [0.15, 0.2) is 0 Å². The standard InChI is InChI=1S/C15H22ClN3O/c1-11-3-2-4-14(9-17)19(11)10-15(20)18-13-7-5-12(16)6-8-13/h5-8,11,14H,2-4,9-10,17H2,1H3,(H,18,20). The quantitative estimate of drug-likeness (QED) is 0.897. The summed E-state index contributed by atoms with van der Waals surface area (Å²) in [6, 6.07) is 7.87. The average molecular weight is 296 g/mol. The molecule has 2 atom stereocenters. The molecule has 2 rings (SSSR count). The van der Waals surface area contributed by atoms with Gasteiger partial charge in [0, 0.05) is 29.3 Å². The van der Waals surface area contributed by atoms with Crippen LogP contribution in [0.25, 0.3) is 0 Å². The molecule has 4 nitrogen and oxygen atoms in total. The molecule has 1 aromatic rings. The monoisotopic (exact) mass is 295 g/mol. The Morgan fingerprint density at radius 2 is 2.10 bits per heavy atom. The van der Waals surface area contributed by atoms with Crippen molar-refractivity contribution >= 4 is 23.2 Å². The molecule has 1 aliphatic rings. The number of hydrogen-bond donors (Lipinski definition) is 2. The molecule has 110 valence electrons. The second-order valence-corrected chi connectivity index (χ2v) is 5.83. The van der Waals surface area contributed by atoms with Crippen LogP contribution in [0.15, 0.2) is 24.3 Å². The fourth-order valence-corrected chi connectivity index (χ4v) is 2.90. The van der Waals surface area contributed by atoms with Crippen molar-refractivity contribution in [1.29, 1.82) is 0 Å². The topological polar surface area (TPSA) is 58.4 Å². The fraction of sp³-hybridized carbons (Fsp3) is 0.533. The van der Waals surface area contributed by atoms with Gasteiger partial charge in [-0.1, -0.05) is 18.0 Å². The molecule has 0 aromatic heterocycles. The highest BCUT2D eigenvalue weighted by molar-refractivity contribution is 6.30. The van der Waals surface area contributed by atoms with Crippen LogP contribution in [0.5, 0.6) is 0 Å². The van der Waals surface area contributed by atoms with Crippen molar-refractivity contribution in [1.82, 2.24) is 4.90 Å². The number of piperidine rings is 1. The Morgan fingerprint density at radius 3 is 2.75 bits per heavy atom. The second-order valence-electron chi connectivity index (χ2n) is 5.40. The third-order valence-corrected chi connectivity index (χ3v) is 4.17. The summed E-state index contributed by atoms with van der Waals surface area (Å²) in [6.07, 6.45) is 3.40. The molecule has 0 saturated carbocycles. The summed E-state index contributed by atoms with van der Waals surface area (Å²) >= 11 is 5.83.